The van der Waals surface area contributed by atoms with Crippen LogP contribution in [-0.2, 0) is 11.3 Å². The van der Waals surface area contributed by atoms with Crippen molar-refractivity contribution in [1.82, 2.24) is 10.6 Å². The molecule has 0 atom stereocenters. The van der Waals surface area contributed by atoms with Crippen LogP contribution in [0.25, 0.3) is 0 Å². The van der Waals surface area contributed by atoms with Crippen LogP contribution in [0.5, 0.6) is 0 Å². The summed E-state index contributed by atoms with van der Waals surface area (Å²) in [6, 6.07) is 8.02. The van der Waals surface area contributed by atoms with E-state index in [1.165, 1.54) is 19.3 Å². The third-order valence-corrected chi connectivity index (χ3v) is 4.40. The number of guanidine groups is 1. The minimum atomic E-state index is 0. The number of nitrogens with one attached hydrogen (secondary N) is 3. The molecular formula is C19H31IN4O. The maximum absolute atomic E-state index is 12.4. The quantitative estimate of drug-likeness (QED) is 0.344. The van der Waals surface area contributed by atoms with Gasteiger partial charge in [-0.3, -0.25) is 9.79 Å². The maximum Gasteiger partial charge on any atom is 0.227 e. The molecule has 1 fully saturated rings. The highest BCUT2D eigenvalue weighted by atomic mass is 127. The Morgan fingerprint density at radius 2 is 1.96 bits per heavy atom. The molecule has 25 heavy (non-hydrogen) atoms. The predicted octanol–water partition coefficient (Wildman–Crippen LogP) is 3.90. The number of halogens is 1. The summed E-state index contributed by atoms with van der Waals surface area (Å²) < 4.78 is 0. The number of amides is 1. The van der Waals surface area contributed by atoms with E-state index in [1.807, 2.05) is 18.2 Å². The zero-order chi connectivity index (χ0) is 17.2. The molecule has 0 heterocycles. The van der Waals surface area contributed by atoms with Gasteiger partial charge in [-0.05, 0) is 37.0 Å². The molecule has 0 spiro atoms. The van der Waals surface area contributed by atoms with Gasteiger partial charge in [0.05, 0.1) is 0 Å². The van der Waals surface area contributed by atoms with Gasteiger partial charge in [0, 0.05) is 31.7 Å². The lowest BCUT2D eigenvalue weighted by Gasteiger charge is -2.21. The molecule has 1 aliphatic carbocycles. The molecule has 2 rings (SSSR count). The molecule has 1 amide bonds. The first-order valence-corrected chi connectivity index (χ1v) is 9.07. The van der Waals surface area contributed by atoms with E-state index in [0.29, 0.717) is 6.54 Å². The molecule has 6 heteroatoms. The normalized spacial score (nSPS) is 15.2. The van der Waals surface area contributed by atoms with Gasteiger partial charge >= 0.3 is 0 Å². The molecule has 1 aromatic rings. The topological polar surface area (TPSA) is 65.5 Å². The lowest BCUT2D eigenvalue weighted by atomic mass is 9.88. The lowest BCUT2D eigenvalue weighted by molar-refractivity contribution is -0.120. The van der Waals surface area contributed by atoms with Gasteiger partial charge in [-0.1, -0.05) is 38.3 Å². The van der Waals surface area contributed by atoms with Crippen LogP contribution >= 0.6 is 24.0 Å². The Morgan fingerprint density at radius 3 is 2.64 bits per heavy atom. The molecule has 0 radical (unpaired) electrons. The molecule has 140 valence electrons. The summed E-state index contributed by atoms with van der Waals surface area (Å²) in [6.45, 7) is 3.70. The van der Waals surface area contributed by atoms with E-state index in [2.05, 4.69) is 33.9 Å². The number of hydrogen-bond acceptors (Lipinski definition) is 2. The maximum atomic E-state index is 12.4. The third kappa shape index (κ3) is 7.63. The summed E-state index contributed by atoms with van der Waals surface area (Å²) in [6.07, 6.45) is 6.71. The average molecular weight is 458 g/mol. The van der Waals surface area contributed by atoms with E-state index in [9.17, 15) is 4.79 Å². The second-order valence-corrected chi connectivity index (χ2v) is 6.38. The van der Waals surface area contributed by atoms with Crippen molar-refractivity contribution >= 4 is 41.5 Å². The Bertz CT molecular complexity index is 556. The van der Waals surface area contributed by atoms with Gasteiger partial charge in [0.15, 0.2) is 5.96 Å². The fourth-order valence-electron chi connectivity index (χ4n) is 3.02. The molecule has 0 aliphatic heterocycles. The molecule has 0 aromatic heterocycles. The van der Waals surface area contributed by atoms with Crippen LogP contribution in [0.15, 0.2) is 29.3 Å². The zero-order valence-electron chi connectivity index (χ0n) is 15.3. The van der Waals surface area contributed by atoms with Crippen molar-refractivity contribution in [2.45, 2.75) is 52.0 Å². The second kappa shape index (κ2) is 12.1. The van der Waals surface area contributed by atoms with Crippen molar-refractivity contribution < 1.29 is 4.79 Å². The van der Waals surface area contributed by atoms with Crippen LogP contribution in [0.1, 0.15) is 51.0 Å². The molecule has 1 aromatic carbocycles. The molecular weight excluding hydrogens is 427 g/mol. The highest BCUT2D eigenvalue weighted by Gasteiger charge is 2.20. The van der Waals surface area contributed by atoms with Gasteiger partial charge < -0.3 is 16.0 Å². The number of nitrogens with zero attached hydrogens (tertiary/aromatic N) is 1. The first-order valence-electron chi connectivity index (χ1n) is 9.07. The van der Waals surface area contributed by atoms with E-state index in [0.717, 1.165) is 43.0 Å². The Balaban J connectivity index is 0.00000312. The first kappa shape index (κ1) is 21.7. The van der Waals surface area contributed by atoms with Gasteiger partial charge in [-0.25, -0.2) is 0 Å². The van der Waals surface area contributed by atoms with Crippen molar-refractivity contribution in [2.24, 2.45) is 10.9 Å². The summed E-state index contributed by atoms with van der Waals surface area (Å²) >= 11 is 0. The average Bonchev–Trinajstić information content (AvgIpc) is 2.63. The number of carbonyl (C=O) groups excluding carboxylic acids is 1. The standard InChI is InChI=1S/C19H30N4O.HI/c1-3-12-21-19(20-2)22-14-15-8-7-11-17(13-15)23-18(24)16-9-5-4-6-10-16;/h7-8,11,13,16H,3-6,9-10,12,14H2,1-2H3,(H,23,24)(H2,20,21,22);1H. The van der Waals surface area contributed by atoms with Crippen LogP contribution in [0.4, 0.5) is 5.69 Å². The number of benzene rings is 1. The summed E-state index contributed by atoms with van der Waals surface area (Å²) in [5.41, 5.74) is 2.00. The summed E-state index contributed by atoms with van der Waals surface area (Å²) in [5, 5.41) is 9.61. The van der Waals surface area contributed by atoms with Gasteiger partial charge in [-0.15, -0.1) is 24.0 Å². The zero-order valence-corrected chi connectivity index (χ0v) is 17.6. The van der Waals surface area contributed by atoms with E-state index in [1.54, 1.807) is 7.05 Å². The molecule has 1 saturated carbocycles. The molecule has 0 bridgehead atoms. The second-order valence-electron chi connectivity index (χ2n) is 6.38. The third-order valence-electron chi connectivity index (χ3n) is 4.40. The summed E-state index contributed by atoms with van der Waals surface area (Å²) in [5.74, 6) is 1.14. The fourth-order valence-corrected chi connectivity index (χ4v) is 3.02. The van der Waals surface area contributed by atoms with Gasteiger partial charge in [-0.2, -0.15) is 0 Å². The van der Waals surface area contributed by atoms with Crippen molar-refractivity contribution in [3.8, 4) is 0 Å². The first-order chi connectivity index (χ1) is 11.7. The lowest BCUT2D eigenvalue weighted by Crippen LogP contribution is -2.37. The van der Waals surface area contributed by atoms with Crippen LogP contribution < -0.4 is 16.0 Å². The number of rotatable bonds is 6. The number of hydrogen-bond donors (Lipinski definition) is 3. The van der Waals surface area contributed by atoms with Crippen LogP contribution in [0.2, 0.25) is 0 Å². The Labute approximate surface area is 168 Å². The molecule has 5 nitrogen and oxygen atoms in total. The van der Waals surface area contributed by atoms with Crippen LogP contribution in [0, 0.1) is 5.92 Å². The van der Waals surface area contributed by atoms with Gasteiger partial charge in [0.25, 0.3) is 0 Å². The van der Waals surface area contributed by atoms with Crippen molar-refractivity contribution in [3.05, 3.63) is 29.8 Å². The fraction of sp³-hybridized carbons (Fsp3) is 0.579. The monoisotopic (exact) mass is 458 g/mol. The Hall–Kier alpha value is -1.31. The van der Waals surface area contributed by atoms with Crippen LogP contribution in [0.3, 0.4) is 0 Å². The Morgan fingerprint density at radius 1 is 1.20 bits per heavy atom. The molecule has 0 saturated heterocycles. The Kier molecular flexibility index (Phi) is 10.5. The van der Waals surface area contributed by atoms with Gasteiger partial charge in [0.1, 0.15) is 0 Å². The SMILES string of the molecule is CCCNC(=NC)NCc1cccc(NC(=O)C2CCCCC2)c1.I. The van der Waals surface area contributed by atoms with Crippen molar-refractivity contribution in [1.29, 1.82) is 0 Å². The largest absolute Gasteiger partial charge is 0.356 e. The molecule has 0 unspecified atom stereocenters. The number of carbonyl (C=O) groups is 1. The van der Waals surface area contributed by atoms with E-state index in [4.69, 9.17) is 0 Å². The highest BCUT2D eigenvalue weighted by molar-refractivity contribution is 14.0. The number of aliphatic imine (C=N–C) groups is 1. The molecule has 3 N–H and O–H groups in total. The van der Waals surface area contributed by atoms with Gasteiger partial charge in [0.2, 0.25) is 5.91 Å². The summed E-state index contributed by atoms with van der Waals surface area (Å²) in [4.78, 5) is 16.6. The predicted molar refractivity (Wildman–Crippen MR) is 116 cm³/mol. The van der Waals surface area contributed by atoms with Crippen molar-refractivity contribution in [2.75, 3.05) is 18.9 Å². The smallest absolute Gasteiger partial charge is 0.227 e. The van der Waals surface area contributed by atoms with E-state index < -0.39 is 0 Å². The summed E-state index contributed by atoms with van der Waals surface area (Å²) in [7, 11) is 1.77. The van der Waals surface area contributed by atoms with E-state index in [-0.39, 0.29) is 35.8 Å². The van der Waals surface area contributed by atoms with Crippen molar-refractivity contribution in [3.63, 3.8) is 0 Å². The molecule has 1 aliphatic rings. The number of anilines is 1. The van der Waals surface area contributed by atoms with E-state index >= 15 is 0 Å². The minimum absolute atomic E-state index is 0. The minimum Gasteiger partial charge on any atom is -0.356 e. The highest BCUT2D eigenvalue weighted by Crippen LogP contribution is 2.25. The van der Waals surface area contributed by atoms with Crippen LogP contribution in [-0.4, -0.2) is 25.5 Å².